The zero-order valence-electron chi connectivity index (χ0n) is 11.4. The molecule has 3 nitrogen and oxygen atoms in total. The number of rotatable bonds is 4. The topological polar surface area (TPSA) is 37.8 Å². The van der Waals surface area contributed by atoms with E-state index >= 15 is 0 Å². The molecule has 0 amide bonds. The molecule has 1 aromatic carbocycles. The van der Waals surface area contributed by atoms with Gasteiger partial charge in [-0.15, -0.1) is 0 Å². The molecule has 0 bridgehead atoms. The molecule has 100 valence electrons. The van der Waals surface area contributed by atoms with Gasteiger partial charge in [0.05, 0.1) is 0 Å². The van der Waals surface area contributed by atoms with E-state index in [1.165, 1.54) is 12.1 Å². The second-order valence-electron chi connectivity index (χ2n) is 4.64. The fourth-order valence-corrected chi connectivity index (χ4v) is 2.02. The number of nitrogens with zero attached hydrogens (tertiary/aromatic N) is 2. The Balaban J connectivity index is 2.21. The van der Waals surface area contributed by atoms with Gasteiger partial charge in [0.25, 0.3) is 0 Å². The van der Waals surface area contributed by atoms with Gasteiger partial charge < -0.3 is 5.32 Å². The highest BCUT2D eigenvalue weighted by Crippen LogP contribution is 2.15. The smallest absolute Gasteiger partial charge is 0.132 e. The van der Waals surface area contributed by atoms with Crippen molar-refractivity contribution < 1.29 is 4.39 Å². The Kier molecular flexibility index (Phi) is 4.22. The van der Waals surface area contributed by atoms with Crippen LogP contribution in [0.2, 0.25) is 0 Å². The number of hydrogen-bond donors (Lipinski definition) is 1. The van der Waals surface area contributed by atoms with Crippen LogP contribution in [0, 0.1) is 12.7 Å². The number of benzene rings is 1. The fourth-order valence-electron chi connectivity index (χ4n) is 2.02. The molecule has 0 aliphatic rings. The molecule has 1 N–H and O–H groups in total. The molecular weight excluding hydrogens is 241 g/mol. The van der Waals surface area contributed by atoms with Gasteiger partial charge in [-0.1, -0.05) is 12.1 Å². The van der Waals surface area contributed by atoms with Crippen LogP contribution in [0.3, 0.4) is 0 Å². The van der Waals surface area contributed by atoms with Gasteiger partial charge in [-0.2, -0.15) is 0 Å². The molecule has 0 saturated heterocycles. The van der Waals surface area contributed by atoms with Gasteiger partial charge in [-0.3, -0.25) is 0 Å². The average Bonchev–Trinajstić information content (AvgIpc) is 2.38. The molecular formula is C15H18FN3. The lowest BCUT2D eigenvalue weighted by Gasteiger charge is -2.13. The first-order chi connectivity index (χ1) is 9.10. The van der Waals surface area contributed by atoms with Crippen LogP contribution in [0.15, 0.2) is 30.5 Å². The van der Waals surface area contributed by atoms with Crippen molar-refractivity contribution in [3.8, 4) is 0 Å². The second kappa shape index (κ2) is 5.89. The van der Waals surface area contributed by atoms with Crippen molar-refractivity contribution in [3.63, 3.8) is 0 Å². The highest BCUT2D eigenvalue weighted by atomic mass is 19.1. The summed E-state index contributed by atoms with van der Waals surface area (Å²) >= 11 is 0. The average molecular weight is 259 g/mol. The Labute approximate surface area is 112 Å². The van der Waals surface area contributed by atoms with Crippen molar-refractivity contribution in [1.82, 2.24) is 15.3 Å². The fraction of sp³-hybridized carbons (Fsp3) is 0.333. The van der Waals surface area contributed by atoms with E-state index in [-0.39, 0.29) is 11.9 Å². The maximum Gasteiger partial charge on any atom is 0.132 e. The predicted octanol–water partition coefficient (Wildman–Crippen LogP) is 2.80. The number of aryl methyl sites for hydroxylation is 1. The van der Waals surface area contributed by atoms with E-state index in [4.69, 9.17) is 0 Å². The molecule has 1 unspecified atom stereocenters. The van der Waals surface area contributed by atoms with Crippen molar-refractivity contribution >= 4 is 0 Å². The summed E-state index contributed by atoms with van der Waals surface area (Å²) in [5, 5.41) is 3.17. The number of nitrogens with one attached hydrogen (secondary N) is 1. The summed E-state index contributed by atoms with van der Waals surface area (Å²) in [7, 11) is 1.91. The van der Waals surface area contributed by atoms with Crippen LogP contribution >= 0.6 is 0 Å². The first-order valence-corrected chi connectivity index (χ1v) is 6.34. The van der Waals surface area contributed by atoms with Crippen LogP contribution in [-0.4, -0.2) is 17.0 Å². The minimum absolute atomic E-state index is 0.225. The Hall–Kier alpha value is -1.81. The van der Waals surface area contributed by atoms with Crippen LogP contribution in [-0.2, 0) is 6.42 Å². The molecule has 1 aromatic heterocycles. The summed E-state index contributed by atoms with van der Waals surface area (Å²) < 4.78 is 13.1. The van der Waals surface area contributed by atoms with E-state index < -0.39 is 0 Å². The van der Waals surface area contributed by atoms with Crippen LogP contribution in [0.4, 0.5) is 4.39 Å². The third-order valence-corrected chi connectivity index (χ3v) is 3.22. The first kappa shape index (κ1) is 13.6. The highest BCUT2D eigenvalue weighted by molar-refractivity contribution is 5.24. The predicted molar refractivity (Wildman–Crippen MR) is 73.4 cm³/mol. The van der Waals surface area contributed by atoms with E-state index in [0.717, 1.165) is 22.6 Å². The third-order valence-electron chi connectivity index (χ3n) is 3.22. The number of aromatic nitrogens is 2. The normalized spacial score (nSPS) is 12.4. The van der Waals surface area contributed by atoms with Gasteiger partial charge in [0, 0.05) is 29.9 Å². The largest absolute Gasteiger partial charge is 0.313 e. The molecule has 19 heavy (non-hydrogen) atoms. The second-order valence-corrected chi connectivity index (χ2v) is 4.64. The Morgan fingerprint density at radius 2 is 2.16 bits per heavy atom. The maximum atomic E-state index is 13.1. The molecule has 1 heterocycles. The molecule has 0 radical (unpaired) electrons. The van der Waals surface area contributed by atoms with Crippen LogP contribution in [0.5, 0.6) is 0 Å². The number of hydrogen-bond acceptors (Lipinski definition) is 3. The summed E-state index contributed by atoms with van der Waals surface area (Å²) in [4.78, 5) is 8.85. The van der Waals surface area contributed by atoms with E-state index in [1.807, 2.05) is 26.2 Å². The first-order valence-electron chi connectivity index (χ1n) is 6.34. The molecule has 2 rings (SSSR count). The minimum Gasteiger partial charge on any atom is -0.313 e. The molecule has 0 spiro atoms. The van der Waals surface area contributed by atoms with Crippen LogP contribution in [0.1, 0.15) is 35.6 Å². The van der Waals surface area contributed by atoms with Crippen LogP contribution < -0.4 is 5.32 Å². The summed E-state index contributed by atoms with van der Waals surface area (Å²) in [6, 6.07) is 6.76. The van der Waals surface area contributed by atoms with Gasteiger partial charge in [-0.25, -0.2) is 14.4 Å². The lowest BCUT2D eigenvalue weighted by atomic mass is 10.1. The molecule has 4 heteroatoms. The number of halogens is 1. The summed E-state index contributed by atoms with van der Waals surface area (Å²) in [5.41, 5.74) is 2.93. The van der Waals surface area contributed by atoms with Crippen molar-refractivity contribution in [2.24, 2.45) is 0 Å². The lowest BCUT2D eigenvalue weighted by molar-refractivity contribution is 0.625. The lowest BCUT2D eigenvalue weighted by Crippen LogP contribution is -2.15. The third kappa shape index (κ3) is 3.35. The van der Waals surface area contributed by atoms with E-state index in [9.17, 15) is 4.39 Å². The van der Waals surface area contributed by atoms with E-state index in [2.05, 4.69) is 22.2 Å². The van der Waals surface area contributed by atoms with Gasteiger partial charge >= 0.3 is 0 Å². The quantitative estimate of drug-likeness (QED) is 0.917. The van der Waals surface area contributed by atoms with Gasteiger partial charge in [0.2, 0.25) is 0 Å². The van der Waals surface area contributed by atoms with Gasteiger partial charge in [0.1, 0.15) is 11.6 Å². The highest BCUT2D eigenvalue weighted by Gasteiger charge is 2.09. The molecule has 1 atom stereocenters. The molecule has 0 aliphatic heterocycles. The summed E-state index contributed by atoms with van der Waals surface area (Å²) in [6.45, 7) is 4.04. The zero-order chi connectivity index (χ0) is 13.8. The van der Waals surface area contributed by atoms with Crippen molar-refractivity contribution in [2.45, 2.75) is 26.3 Å². The SMILES string of the molecule is CNC(C)c1cnc(Cc2cccc(F)c2)nc1C. The van der Waals surface area contributed by atoms with Gasteiger partial charge in [0.15, 0.2) is 0 Å². The van der Waals surface area contributed by atoms with Gasteiger partial charge in [-0.05, 0) is 38.6 Å². The maximum absolute atomic E-state index is 13.1. The summed E-state index contributed by atoms with van der Waals surface area (Å²) in [6.07, 6.45) is 2.39. The van der Waals surface area contributed by atoms with Crippen molar-refractivity contribution in [2.75, 3.05) is 7.05 Å². The standard InChI is InChI=1S/C15H18FN3/c1-10(17-3)14-9-18-15(19-11(14)2)8-12-5-4-6-13(16)7-12/h4-7,9-10,17H,8H2,1-3H3. The Morgan fingerprint density at radius 3 is 2.79 bits per heavy atom. The molecule has 0 saturated carbocycles. The summed E-state index contributed by atoms with van der Waals surface area (Å²) in [5.74, 6) is 0.491. The zero-order valence-corrected chi connectivity index (χ0v) is 11.4. The van der Waals surface area contributed by atoms with Crippen molar-refractivity contribution in [1.29, 1.82) is 0 Å². The Morgan fingerprint density at radius 1 is 1.37 bits per heavy atom. The minimum atomic E-state index is -0.227. The Bertz CT molecular complexity index is 569. The van der Waals surface area contributed by atoms with Crippen LogP contribution in [0.25, 0.3) is 0 Å². The molecule has 2 aromatic rings. The molecule has 0 aliphatic carbocycles. The van der Waals surface area contributed by atoms with E-state index in [1.54, 1.807) is 6.07 Å². The van der Waals surface area contributed by atoms with Crippen molar-refractivity contribution in [3.05, 3.63) is 58.9 Å². The monoisotopic (exact) mass is 259 g/mol. The molecule has 0 fully saturated rings. The van der Waals surface area contributed by atoms with E-state index in [0.29, 0.717) is 6.42 Å².